The lowest BCUT2D eigenvalue weighted by atomic mass is 9.95. The van der Waals surface area contributed by atoms with Crippen molar-refractivity contribution in [3.8, 4) is 0 Å². The number of unbranched alkanes of at least 4 members (excludes halogenated alkanes) is 1. The Hall–Kier alpha value is -0.0400. The molecule has 0 aromatic carbocycles. The molecule has 1 fully saturated rings. The van der Waals surface area contributed by atoms with Crippen molar-refractivity contribution >= 4 is 0 Å². The van der Waals surface area contributed by atoms with Gasteiger partial charge in [0.15, 0.2) is 0 Å². The lowest BCUT2D eigenvalue weighted by Gasteiger charge is -2.36. The quantitative estimate of drug-likeness (QED) is 0.640. The minimum absolute atomic E-state index is 0.891. The predicted molar refractivity (Wildman–Crippen MR) is 68.2 cm³/mol. The Balaban J connectivity index is 2.33. The van der Waals surface area contributed by atoms with Gasteiger partial charge in [-0.3, -0.25) is 0 Å². The second-order valence-corrected chi connectivity index (χ2v) is 5.30. The van der Waals surface area contributed by atoms with E-state index in [2.05, 4.69) is 25.7 Å². The molecule has 1 atom stereocenters. The molecule has 1 heteroatoms. The van der Waals surface area contributed by atoms with Gasteiger partial charge in [0.05, 0.1) is 0 Å². The molecule has 1 heterocycles. The molecule has 0 spiro atoms. The summed E-state index contributed by atoms with van der Waals surface area (Å²) in [5.41, 5.74) is 0. The van der Waals surface area contributed by atoms with Gasteiger partial charge in [0, 0.05) is 6.04 Å². The highest BCUT2D eigenvalue weighted by Gasteiger charge is 2.21. The Morgan fingerprint density at radius 2 is 1.73 bits per heavy atom. The van der Waals surface area contributed by atoms with Crippen molar-refractivity contribution in [1.82, 2.24) is 4.90 Å². The predicted octanol–water partition coefficient (Wildman–Crippen LogP) is 4.08. The van der Waals surface area contributed by atoms with Crippen LogP contribution in [0.5, 0.6) is 0 Å². The van der Waals surface area contributed by atoms with Crippen molar-refractivity contribution in [2.24, 2.45) is 5.92 Å². The summed E-state index contributed by atoms with van der Waals surface area (Å²) in [5, 5.41) is 0. The molecule has 0 aromatic rings. The smallest absolute Gasteiger partial charge is 0.00951 e. The Morgan fingerprint density at radius 1 is 1.07 bits per heavy atom. The van der Waals surface area contributed by atoms with Crippen LogP contribution in [0.4, 0.5) is 0 Å². The molecule has 0 bridgehead atoms. The van der Waals surface area contributed by atoms with Gasteiger partial charge >= 0.3 is 0 Å². The van der Waals surface area contributed by atoms with Crippen LogP contribution in [0.1, 0.15) is 65.7 Å². The lowest BCUT2D eigenvalue weighted by molar-refractivity contribution is 0.123. The second kappa shape index (κ2) is 7.27. The van der Waals surface area contributed by atoms with E-state index in [0.717, 1.165) is 12.0 Å². The number of hydrogen-bond acceptors (Lipinski definition) is 1. The maximum absolute atomic E-state index is 2.76. The first-order valence-electron chi connectivity index (χ1n) is 7.02. The third-order valence-electron chi connectivity index (χ3n) is 3.85. The molecule has 0 radical (unpaired) electrons. The molecule has 1 nitrogen and oxygen atoms in total. The maximum atomic E-state index is 2.76. The molecule has 0 aliphatic carbocycles. The first-order valence-corrected chi connectivity index (χ1v) is 7.02. The van der Waals surface area contributed by atoms with Crippen LogP contribution in [0.25, 0.3) is 0 Å². The molecule has 1 rings (SSSR count). The van der Waals surface area contributed by atoms with Gasteiger partial charge in [-0.1, -0.05) is 40.0 Å². The first kappa shape index (κ1) is 13.0. The lowest BCUT2D eigenvalue weighted by Crippen LogP contribution is -2.41. The molecule has 0 amide bonds. The summed E-state index contributed by atoms with van der Waals surface area (Å²) in [6.45, 7) is 9.75. The molecule has 1 saturated heterocycles. The van der Waals surface area contributed by atoms with Gasteiger partial charge in [-0.05, 0) is 44.7 Å². The average molecular weight is 211 g/mol. The molecule has 1 aliphatic rings. The fraction of sp³-hybridized carbons (Fsp3) is 1.00. The zero-order valence-corrected chi connectivity index (χ0v) is 11.0. The normalized spacial score (nSPS) is 21.8. The first-order chi connectivity index (χ1) is 7.27. The van der Waals surface area contributed by atoms with E-state index >= 15 is 0 Å². The van der Waals surface area contributed by atoms with Crippen LogP contribution < -0.4 is 0 Å². The van der Waals surface area contributed by atoms with Gasteiger partial charge < -0.3 is 4.90 Å². The van der Waals surface area contributed by atoms with Gasteiger partial charge in [-0.25, -0.2) is 0 Å². The average Bonchev–Trinajstić information content (AvgIpc) is 2.25. The summed E-state index contributed by atoms with van der Waals surface area (Å²) in [7, 11) is 0. The minimum atomic E-state index is 0.891. The number of piperidine rings is 1. The summed E-state index contributed by atoms with van der Waals surface area (Å²) in [5.74, 6) is 0.967. The van der Waals surface area contributed by atoms with Crippen LogP contribution >= 0.6 is 0 Å². The van der Waals surface area contributed by atoms with Gasteiger partial charge in [0.2, 0.25) is 0 Å². The minimum Gasteiger partial charge on any atom is -0.300 e. The second-order valence-electron chi connectivity index (χ2n) is 5.30. The van der Waals surface area contributed by atoms with E-state index in [4.69, 9.17) is 0 Å². The molecular formula is C14H29N. The molecule has 0 N–H and O–H groups in total. The van der Waals surface area contributed by atoms with Gasteiger partial charge in [0.25, 0.3) is 0 Å². The molecule has 15 heavy (non-hydrogen) atoms. The van der Waals surface area contributed by atoms with Crippen LogP contribution in [0.3, 0.4) is 0 Å². The van der Waals surface area contributed by atoms with E-state index in [1.807, 2.05) is 0 Å². The van der Waals surface area contributed by atoms with E-state index in [1.54, 1.807) is 0 Å². The summed E-state index contributed by atoms with van der Waals surface area (Å²) >= 11 is 0. The third-order valence-corrected chi connectivity index (χ3v) is 3.85. The summed E-state index contributed by atoms with van der Waals surface area (Å²) in [4.78, 5) is 2.76. The molecule has 90 valence electrons. The van der Waals surface area contributed by atoms with Crippen molar-refractivity contribution in [1.29, 1.82) is 0 Å². The largest absolute Gasteiger partial charge is 0.300 e. The zero-order chi connectivity index (χ0) is 11.1. The molecule has 1 unspecified atom stereocenters. The van der Waals surface area contributed by atoms with Crippen LogP contribution in [0.15, 0.2) is 0 Å². The Bertz CT molecular complexity index is 147. The van der Waals surface area contributed by atoms with E-state index in [0.29, 0.717) is 0 Å². The molecular weight excluding hydrogens is 182 g/mol. The van der Waals surface area contributed by atoms with Crippen LogP contribution in [-0.2, 0) is 0 Å². The summed E-state index contributed by atoms with van der Waals surface area (Å²) in [6, 6.07) is 0.891. The SMILES string of the molecule is CCCCC(CCC)N1CCC(C)CC1. The van der Waals surface area contributed by atoms with Crippen LogP contribution in [-0.4, -0.2) is 24.0 Å². The van der Waals surface area contributed by atoms with Crippen LogP contribution in [0.2, 0.25) is 0 Å². The number of hydrogen-bond donors (Lipinski definition) is 0. The van der Waals surface area contributed by atoms with Crippen molar-refractivity contribution < 1.29 is 0 Å². The van der Waals surface area contributed by atoms with E-state index < -0.39 is 0 Å². The maximum Gasteiger partial charge on any atom is 0.00951 e. The number of nitrogens with zero attached hydrogens (tertiary/aromatic N) is 1. The van der Waals surface area contributed by atoms with Crippen molar-refractivity contribution in [3.63, 3.8) is 0 Å². The number of likely N-dealkylation sites (tertiary alicyclic amines) is 1. The number of rotatable bonds is 6. The van der Waals surface area contributed by atoms with E-state index in [1.165, 1.54) is 58.0 Å². The topological polar surface area (TPSA) is 3.24 Å². The highest BCUT2D eigenvalue weighted by atomic mass is 15.2. The molecule has 0 aromatic heterocycles. The fourth-order valence-corrected chi connectivity index (χ4v) is 2.68. The molecule has 1 aliphatic heterocycles. The zero-order valence-electron chi connectivity index (χ0n) is 11.0. The monoisotopic (exact) mass is 211 g/mol. The fourth-order valence-electron chi connectivity index (χ4n) is 2.68. The highest BCUT2D eigenvalue weighted by Crippen LogP contribution is 2.22. The van der Waals surface area contributed by atoms with Crippen molar-refractivity contribution in [2.75, 3.05) is 13.1 Å². The van der Waals surface area contributed by atoms with Gasteiger partial charge in [-0.2, -0.15) is 0 Å². The molecule has 0 saturated carbocycles. The highest BCUT2D eigenvalue weighted by molar-refractivity contribution is 4.76. The summed E-state index contributed by atoms with van der Waals surface area (Å²) in [6.07, 6.45) is 9.80. The Kier molecular flexibility index (Phi) is 6.31. The van der Waals surface area contributed by atoms with Crippen LogP contribution in [0, 0.1) is 5.92 Å². The standard InChI is InChI=1S/C14H29N/c1-4-6-8-14(7-5-2)15-11-9-13(3)10-12-15/h13-14H,4-12H2,1-3H3. The van der Waals surface area contributed by atoms with Crippen molar-refractivity contribution in [3.05, 3.63) is 0 Å². The third kappa shape index (κ3) is 4.55. The van der Waals surface area contributed by atoms with Gasteiger partial charge in [-0.15, -0.1) is 0 Å². The van der Waals surface area contributed by atoms with E-state index in [-0.39, 0.29) is 0 Å². The summed E-state index contributed by atoms with van der Waals surface area (Å²) < 4.78 is 0. The van der Waals surface area contributed by atoms with E-state index in [9.17, 15) is 0 Å². The Labute approximate surface area is 96.2 Å². The van der Waals surface area contributed by atoms with Gasteiger partial charge in [0.1, 0.15) is 0 Å². The van der Waals surface area contributed by atoms with Crippen molar-refractivity contribution in [2.45, 2.75) is 71.8 Å². The Morgan fingerprint density at radius 3 is 2.27 bits per heavy atom.